The molecule has 0 aliphatic carbocycles. The first-order valence-electron chi connectivity index (χ1n) is 4.86. The van der Waals surface area contributed by atoms with E-state index in [0.717, 1.165) is 11.4 Å². The molecule has 0 aliphatic rings. The van der Waals surface area contributed by atoms with Crippen molar-refractivity contribution in [2.75, 3.05) is 5.75 Å². The Morgan fingerprint density at radius 1 is 1.59 bits per heavy atom. The van der Waals surface area contributed by atoms with Crippen LogP contribution >= 0.6 is 23.1 Å². The molecule has 0 unspecified atom stereocenters. The van der Waals surface area contributed by atoms with Crippen LogP contribution in [-0.4, -0.2) is 36.6 Å². The zero-order valence-corrected chi connectivity index (χ0v) is 10.4. The molecule has 0 saturated heterocycles. The SMILES string of the molecule is O=C(O)CSc1nncn1CCc1nccs1. The van der Waals surface area contributed by atoms with Gasteiger partial charge in [0.1, 0.15) is 6.33 Å². The molecule has 0 aromatic carbocycles. The minimum atomic E-state index is -0.857. The van der Waals surface area contributed by atoms with Crippen molar-refractivity contribution in [2.24, 2.45) is 0 Å². The largest absolute Gasteiger partial charge is 0.481 e. The van der Waals surface area contributed by atoms with E-state index in [4.69, 9.17) is 5.11 Å². The van der Waals surface area contributed by atoms with E-state index in [1.807, 2.05) is 9.95 Å². The molecule has 0 aliphatic heterocycles. The number of nitrogens with zero attached hydrogens (tertiary/aromatic N) is 4. The van der Waals surface area contributed by atoms with Gasteiger partial charge in [-0.15, -0.1) is 21.5 Å². The summed E-state index contributed by atoms with van der Waals surface area (Å²) in [7, 11) is 0. The van der Waals surface area contributed by atoms with Gasteiger partial charge in [0, 0.05) is 24.5 Å². The van der Waals surface area contributed by atoms with E-state index < -0.39 is 5.97 Å². The van der Waals surface area contributed by atoms with Gasteiger partial charge < -0.3 is 9.67 Å². The first kappa shape index (κ1) is 12.1. The van der Waals surface area contributed by atoms with Crippen LogP contribution in [0.15, 0.2) is 23.1 Å². The molecule has 0 spiro atoms. The summed E-state index contributed by atoms with van der Waals surface area (Å²) in [6.45, 7) is 0.711. The third-order valence-electron chi connectivity index (χ3n) is 1.95. The molecule has 6 nitrogen and oxygen atoms in total. The molecule has 1 N–H and O–H groups in total. The summed E-state index contributed by atoms with van der Waals surface area (Å²) < 4.78 is 1.84. The van der Waals surface area contributed by atoms with Crippen molar-refractivity contribution in [1.29, 1.82) is 0 Å². The van der Waals surface area contributed by atoms with Gasteiger partial charge in [0.05, 0.1) is 10.8 Å². The Morgan fingerprint density at radius 3 is 3.18 bits per heavy atom. The van der Waals surface area contributed by atoms with Crippen molar-refractivity contribution in [3.05, 3.63) is 22.9 Å². The molecule has 2 heterocycles. The van der Waals surface area contributed by atoms with E-state index in [1.54, 1.807) is 23.9 Å². The second-order valence-corrected chi connectivity index (χ2v) is 5.09. The lowest BCUT2D eigenvalue weighted by Crippen LogP contribution is -2.04. The first-order valence-corrected chi connectivity index (χ1v) is 6.73. The number of aliphatic carboxylic acids is 1. The quantitative estimate of drug-likeness (QED) is 0.793. The third-order valence-corrected chi connectivity index (χ3v) is 3.76. The van der Waals surface area contributed by atoms with Gasteiger partial charge in [-0.1, -0.05) is 11.8 Å². The van der Waals surface area contributed by atoms with Crippen LogP contribution in [0.3, 0.4) is 0 Å². The van der Waals surface area contributed by atoms with Crippen molar-refractivity contribution >= 4 is 29.1 Å². The summed E-state index contributed by atoms with van der Waals surface area (Å²) in [5, 5.41) is 19.9. The van der Waals surface area contributed by atoms with Gasteiger partial charge in [-0.05, 0) is 0 Å². The van der Waals surface area contributed by atoms with E-state index in [-0.39, 0.29) is 5.75 Å². The van der Waals surface area contributed by atoms with Gasteiger partial charge in [0.2, 0.25) is 0 Å². The number of carboxylic acid groups (broad SMARTS) is 1. The molecule has 90 valence electrons. The lowest BCUT2D eigenvalue weighted by Gasteiger charge is -2.03. The van der Waals surface area contributed by atoms with Gasteiger partial charge >= 0.3 is 5.97 Å². The van der Waals surface area contributed by atoms with E-state index in [0.29, 0.717) is 11.7 Å². The normalized spacial score (nSPS) is 10.6. The highest BCUT2D eigenvalue weighted by molar-refractivity contribution is 7.99. The van der Waals surface area contributed by atoms with Gasteiger partial charge in [0.15, 0.2) is 5.16 Å². The lowest BCUT2D eigenvalue weighted by atomic mass is 10.4. The number of aromatic nitrogens is 4. The number of rotatable bonds is 6. The molecular formula is C9H10N4O2S2. The molecule has 2 aromatic heterocycles. The summed E-state index contributed by atoms with van der Waals surface area (Å²) in [4.78, 5) is 14.6. The second-order valence-electron chi connectivity index (χ2n) is 3.17. The van der Waals surface area contributed by atoms with Crippen LogP contribution in [0.5, 0.6) is 0 Å². The summed E-state index contributed by atoms with van der Waals surface area (Å²) in [5.41, 5.74) is 0. The van der Waals surface area contributed by atoms with E-state index in [2.05, 4.69) is 15.2 Å². The van der Waals surface area contributed by atoms with Crippen LogP contribution < -0.4 is 0 Å². The van der Waals surface area contributed by atoms with E-state index in [1.165, 1.54) is 11.8 Å². The molecule has 0 fully saturated rings. The molecule has 0 bridgehead atoms. The Kier molecular flexibility index (Phi) is 4.10. The average molecular weight is 270 g/mol. The van der Waals surface area contributed by atoms with E-state index >= 15 is 0 Å². The van der Waals surface area contributed by atoms with Crippen LogP contribution in [0.2, 0.25) is 0 Å². The van der Waals surface area contributed by atoms with Gasteiger partial charge in [-0.3, -0.25) is 4.79 Å². The molecular weight excluding hydrogens is 260 g/mol. The Bertz CT molecular complexity index is 483. The second kappa shape index (κ2) is 5.78. The molecule has 0 atom stereocenters. The maximum absolute atomic E-state index is 10.5. The first-order chi connectivity index (χ1) is 8.25. The number of thiazole rings is 1. The predicted molar refractivity (Wildman–Crippen MR) is 64.2 cm³/mol. The average Bonchev–Trinajstić information content (AvgIpc) is 2.95. The fourth-order valence-electron chi connectivity index (χ4n) is 1.23. The number of hydrogen-bond acceptors (Lipinski definition) is 6. The van der Waals surface area contributed by atoms with Crippen LogP contribution in [0, 0.1) is 0 Å². The van der Waals surface area contributed by atoms with Crippen molar-refractivity contribution in [1.82, 2.24) is 19.7 Å². The standard InChI is InChI=1S/C9H10N4O2S2/c14-8(15)5-17-9-12-11-6-13(9)3-1-7-10-2-4-16-7/h2,4,6H,1,3,5H2,(H,14,15). The van der Waals surface area contributed by atoms with Crippen LogP contribution in [-0.2, 0) is 17.8 Å². The number of thioether (sulfide) groups is 1. The topological polar surface area (TPSA) is 80.9 Å². The molecule has 0 radical (unpaired) electrons. The maximum atomic E-state index is 10.5. The summed E-state index contributed by atoms with van der Waals surface area (Å²) in [6.07, 6.45) is 4.18. The molecule has 0 amide bonds. The van der Waals surface area contributed by atoms with Crippen molar-refractivity contribution in [3.63, 3.8) is 0 Å². The number of aryl methyl sites for hydroxylation is 2. The molecule has 2 aromatic rings. The fraction of sp³-hybridized carbons (Fsp3) is 0.333. The monoisotopic (exact) mass is 270 g/mol. The van der Waals surface area contributed by atoms with Crippen molar-refractivity contribution in [2.45, 2.75) is 18.1 Å². The van der Waals surface area contributed by atoms with Crippen LogP contribution in [0.25, 0.3) is 0 Å². The zero-order valence-electron chi connectivity index (χ0n) is 8.81. The van der Waals surface area contributed by atoms with Gasteiger partial charge in [0.25, 0.3) is 0 Å². The minimum absolute atomic E-state index is 0.00402. The summed E-state index contributed by atoms with van der Waals surface area (Å²) in [6, 6.07) is 0. The van der Waals surface area contributed by atoms with Crippen molar-refractivity contribution < 1.29 is 9.90 Å². The smallest absolute Gasteiger partial charge is 0.313 e. The third kappa shape index (κ3) is 3.53. The fourth-order valence-corrected chi connectivity index (χ4v) is 2.50. The molecule has 2 rings (SSSR count). The van der Waals surface area contributed by atoms with Crippen LogP contribution in [0.4, 0.5) is 0 Å². The highest BCUT2D eigenvalue weighted by atomic mass is 32.2. The molecule has 8 heteroatoms. The zero-order chi connectivity index (χ0) is 12.1. The minimum Gasteiger partial charge on any atom is -0.481 e. The Morgan fingerprint density at radius 2 is 2.47 bits per heavy atom. The van der Waals surface area contributed by atoms with Gasteiger partial charge in [-0.2, -0.15) is 0 Å². The van der Waals surface area contributed by atoms with Crippen LogP contribution in [0.1, 0.15) is 5.01 Å². The van der Waals surface area contributed by atoms with E-state index in [9.17, 15) is 4.79 Å². The maximum Gasteiger partial charge on any atom is 0.313 e. The Balaban J connectivity index is 1.92. The van der Waals surface area contributed by atoms with Crippen molar-refractivity contribution in [3.8, 4) is 0 Å². The summed E-state index contributed by atoms with van der Waals surface area (Å²) in [5.74, 6) is -0.861. The Labute approximate surface area is 106 Å². The number of carboxylic acids is 1. The number of hydrogen-bond donors (Lipinski definition) is 1. The van der Waals surface area contributed by atoms with Gasteiger partial charge in [-0.25, -0.2) is 4.98 Å². The summed E-state index contributed by atoms with van der Waals surface area (Å²) >= 11 is 2.77. The predicted octanol–water partition coefficient (Wildman–Crippen LogP) is 1.15. The highest BCUT2D eigenvalue weighted by Gasteiger charge is 2.08. The number of carbonyl (C=O) groups is 1. The Hall–Kier alpha value is -1.41. The molecule has 17 heavy (non-hydrogen) atoms. The lowest BCUT2D eigenvalue weighted by molar-refractivity contribution is -0.133. The highest BCUT2D eigenvalue weighted by Crippen LogP contribution is 2.15. The molecule has 0 saturated carbocycles.